The van der Waals surface area contributed by atoms with Crippen molar-refractivity contribution in [3.05, 3.63) is 23.9 Å². The molecule has 94 valence electrons. The monoisotopic (exact) mass is 248 g/mol. The van der Waals surface area contributed by atoms with E-state index in [0.717, 1.165) is 11.0 Å². The maximum absolute atomic E-state index is 12.7. The Hall–Kier alpha value is -1.79. The lowest BCUT2D eigenvalue weighted by Crippen LogP contribution is -2.32. The third-order valence-corrected chi connectivity index (χ3v) is 2.10. The second-order valence-electron chi connectivity index (χ2n) is 3.28. The van der Waals surface area contributed by atoms with E-state index < -0.39 is 24.3 Å². The van der Waals surface area contributed by atoms with E-state index in [4.69, 9.17) is 5.11 Å². The third kappa shape index (κ3) is 3.33. The van der Waals surface area contributed by atoms with Crippen LogP contribution in [0.5, 0.6) is 0 Å². The summed E-state index contributed by atoms with van der Waals surface area (Å²) in [7, 11) is 0. The number of likely N-dealkylation sites (N-methyl/N-ethyl adjacent to an activating group) is 1. The van der Waals surface area contributed by atoms with Gasteiger partial charge < -0.3 is 10.0 Å². The van der Waals surface area contributed by atoms with Gasteiger partial charge in [-0.05, 0) is 19.1 Å². The van der Waals surface area contributed by atoms with E-state index in [0.29, 0.717) is 0 Å². The van der Waals surface area contributed by atoms with Gasteiger partial charge >= 0.3 is 12.1 Å². The van der Waals surface area contributed by atoms with E-state index in [-0.39, 0.29) is 12.4 Å². The van der Waals surface area contributed by atoms with Gasteiger partial charge in [-0.25, -0.2) is 4.98 Å². The Morgan fingerprint density at radius 1 is 1.53 bits per heavy atom. The fourth-order valence-electron chi connectivity index (χ4n) is 1.37. The molecule has 1 N–H and O–H groups in total. The van der Waals surface area contributed by atoms with Crippen LogP contribution >= 0.6 is 0 Å². The molecule has 0 fully saturated rings. The van der Waals surface area contributed by atoms with Crippen molar-refractivity contribution in [3.63, 3.8) is 0 Å². The van der Waals surface area contributed by atoms with Crippen molar-refractivity contribution in [2.75, 3.05) is 18.0 Å². The van der Waals surface area contributed by atoms with E-state index in [1.807, 2.05) is 0 Å². The molecule has 0 aliphatic rings. The van der Waals surface area contributed by atoms with Gasteiger partial charge in [-0.1, -0.05) is 0 Å². The van der Waals surface area contributed by atoms with Crippen LogP contribution in [-0.2, 0) is 11.0 Å². The molecule has 0 saturated carbocycles. The van der Waals surface area contributed by atoms with E-state index in [1.54, 1.807) is 6.92 Å². The van der Waals surface area contributed by atoms with Crippen LogP contribution < -0.4 is 4.90 Å². The molecule has 0 atom stereocenters. The van der Waals surface area contributed by atoms with Crippen molar-refractivity contribution < 1.29 is 23.1 Å². The highest BCUT2D eigenvalue weighted by Gasteiger charge is 2.35. The molecule has 1 aromatic rings. The van der Waals surface area contributed by atoms with Gasteiger partial charge in [0.2, 0.25) is 0 Å². The smallest absolute Gasteiger partial charge is 0.419 e. The number of alkyl halides is 3. The zero-order chi connectivity index (χ0) is 13.1. The molecule has 4 nitrogen and oxygen atoms in total. The largest absolute Gasteiger partial charge is 0.480 e. The van der Waals surface area contributed by atoms with Gasteiger partial charge in [0.1, 0.15) is 12.4 Å². The Kier molecular flexibility index (Phi) is 3.93. The number of hydrogen-bond acceptors (Lipinski definition) is 3. The number of carboxylic acid groups (broad SMARTS) is 1. The molecule has 0 amide bonds. The number of rotatable bonds is 4. The average Bonchev–Trinajstić information content (AvgIpc) is 2.24. The summed E-state index contributed by atoms with van der Waals surface area (Å²) in [5.41, 5.74) is -0.928. The Balaban J connectivity index is 3.15. The fourth-order valence-corrected chi connectivity index (χ4v) is 1.37. The summed E-state index contributed by atoms with van der Waals surface area (Å²) in [5.74, 6) is -1.56. The zero-order valence-corrected chi connectivity index (χ0v) is 9.03. The molecule has 7 heteroatoms. The van der Waals surface area contributed by atoms with Crippen molar-refractivity contribution >= 4 is 11.8 Å². The van der Waals surface area contributed by atoms with Crippen LogP contribution in [-0.4, -0.2) is 29.1 Å². The lowest BCUT2D eigenvalue weighted by Gasteiger charge is -2.23. The molecule has 17 heavy (non-hydrogen) atoms. The summed E-state index contributed by atoms with van der Waals surface area (Å²) in [4.78, 5) is 15.2. The van der Waals surface area contributed by atoms with E-state index in [2.05, 4.69) is 4.98 Å². The van der Waals surface area contributed by atoms with Crippen molar-refractivity contribution in [2.24, 2.45) is 0 Å². The number of aliphatic carboxylic acids is 1. The molecule has 0 unspecified atom stereocenters. The van der Waals surface area contributed by atoms with Crippen LogP contribution in [0.1, 0.15) is 12.5 Å². The molecule has 0 spiro atoms. The molecule has 0 saturated heterocycles. The van der Waals surface area contributed by atoms with Crippen molar-refractivity contribution in [1.82, 2.24) is 4.98 Å². The first-order chi connectivity index (χ1) is 7.86. The van der Waals surface area contributed by atoms with Gasteiger partial charge in [0.25, 0.3) is 0 Å². The standard InChI is InChI=1S/C10H11F3N2O2/c1-2-15(6-8(16)17)9-7(10(11,12)13)4-3-5-14-9/h3-5H,2,6H2,1H3,(H,16,17). The first-order valence-corrected chi connectivity index (χ1v) is 4.85. The first kappa shape index (κ1) is 13.3. The van der Waals surface area contributed by atoms with Crippen molar-refractivity contribution in [3.8, 4) is 0 Å². The van der Waals surface area contributed by atoms with Gasteiger partial charge in [0, 0.05) is 12.7 Å². The first-order valence-electron chi connectivity index (χ1n) is 4.85. The van der Waals surface area contributed by atoms with Crippen LogP contribution in [0.15, 0.2) is 18.3 Å². The maximum atomic E-state index is 12.7. The SMILES string of the molecule is CCN(CC(=O)O)c1ncccc1C(F)(F)F. The maximum Gasteiger partial charge on any atom is 0.419 e. The number of carboxylic acids is 1. The molecule has 1 heterocycles. The Morgan fingerprint density at radius 3 is 2.65 bits per heavy atom. The molecule has 0 aromatic carbocycles. The predicted molar refractivity (Wildman–Crippen MR) is 54.8 cm³/mol. The second-order valence-corrected chi connectivity index (χ2v) is 3.28. The lowest BCUT2D eigenvalue weighted by atomic mass is 10.2. The van der Waals surface area contributed by atoms with Crippen LogP contribution in [0.4, 0.5) is 19.0 Å². The Morgan fingerprint density at radius 2 is 2.18 bits per heavy atom. The fraction of sp³-hybridized carbons (Fsp3) is 0.400. The Labute approximate surface area is 95.7 Å². The summed E-state index contributed by atoms with van der Waals surface area (Å²) in [6, 6.07) is 2.05. The minimum Gasteiger partial charge on any atom is -0.480 e. The summed E-state index contributed by atoms with van der Waals surface area (Å²) in [6.45, 7) is 1.18. The summed E-state index contributed by atoms with van der Waals surface area (Å²) in [5, 5.41) is 8.62. The van der Waals surface area contributed by atoms with Gasteiger partial charge in [-0.15, -0.1) is 0 Å². The van der Waals surface area contributed by atoms with E-state index in [9.17, 15) is 18.0 Å². The minimum atomic E-state index is -4.55. The van der Waals surface area contributed by atoms with Gasteiger partial charge in [0.05, 0.1) is 5.56 Å². The molecule has 0 radical (unpaired) electrons. The topological polar surface area (TPSA) is 53.4 Å². The highest BCUT2D eigenvalue weighted by Crippen LogP contribution is 2.34. The molecule has 0 bridgehead atoms. The number of halogens is 3. The summed E-state index contributed by atoms with van der Waals surface area (Å²) < 4.78 is 38.0. The number of aromatic nitrogens is 1. The summed E-state index contributed by atoms with van der Waals surface area (Å²) in [6.07, 6.45) is -3.34. The molecular weight excluding hydrogens is 237 g/mol. The predicted octanol–water partition coefficient (Wildman–Crippen LogP) is 2.01. The van der Waals surface area contributed by atoms with Gasteiger partial charge in [-0.2, -0.15) is 13.2 Å². The van der Waals surface area contributed by atoms with Crippen molar-refractivity contribution in [1.29, 1.82) is 0 Å². The molecule has 1 aromatic heterocycles. The highest BCUT2D eigenvalue weighted by atomic mass is 19.4. The molecule has 1 rings (SSSR count). The second kappa shape index (κ2) is 5.03. The molecule has 0 aliphatic heterocycles. The summed E-state index contributed by atoms with van der Waals surface area (Å²) >= 11 is 0. The number of anilines is 1. The number of carbonyl (C=O) groups is 1. The quantitative estimate of drug-likeness (QED) is 0.885. The molecule has 0 aliphatic carbocycles. The third-order valence-electron chi connectivity index (χ3n) is 2.10. The number of hydrogen-bond donors (Lipinski definition) is 1. The van der Waals surface area contributed by atoms with Crippen LogP contribution in [0, 0.1) is 0 Å². The van der Waals surface area contributed by atoms with Crippen LogP contribution in [0.25, 0.3) is 0 Å². The molecular formula is C10H11F3N2O2. The van der Waals surface area contributed by atoms with Gasteiger partial charge in [-0.3, -0.25) is 4.79 Å². The van der Waals surface area contributed by atoms with Crippen molar-refractivity contribution in [2.45, 2.75) is 13.1 Å². The zero-order valence-electron chi connectivity index (χ0n) is 9.03. The van der Waals surface area contributed by atoms with E-state index in [1.165, 1.54) is 12.3 Å². The lowest BCUT2D eigenvalue weighted by molar-refractivity contribution is -0.138. The van der Waals surface area contributed by atoms with E-state index >= 15 is 0 Å². The highest BCUT2D eigenvalue weighted by molar-refractivity contribution is 5.73. The van der Waals surface area contributed by atoms with Crippen LogP contribution in [0.2, 0.25) is 0 Å². The number of nitrogens with zero attached hydrogens (tertiary/aromatic N) is 2. The normalized spacial score (nSPS) is 11.3. The minimum absolute atomic E-state index is 0.131. The van der Waals surface area contributed by atoms with Gasteiger partial charge in [0.15, 0.2) is 0 Å². The van der Waals surface area contributed by atoms with Crippen LogP contribution in [0.3, 0.4) is 0 Å². The Bertz CT molecular complexity index is 407. The number of pyridine rings is 1. The average molecular weight is 248 g/mol.